The summed E-state index contributed by atoms with van der Waals surface area (Å²) in [7, 11) is 0. The molecule has 0 saturated carbocycles. The summed E-state index contributed by atoms with van der Waals surface area (Å²) in [5.41, 5.74) is 16.5. The van der Waals surface area contributed by atoms with E-state index in [0.717, 1.165) is 64.4 Å². The Labute approximate surface area is 475 Å². The van der Waals surface area contributed by atoms with Crippen LogP contribution in [0, 0.1) is 0 Å². The zero-order valence-electron chi connectivity index (χ0n) is 46.3. The Bertz CT molecular complexity index is 2090. The largest absolute Gasteiger partial charge is 0.479 e. The van der Waals surface area contributed by atoms with Crippen LogP contribution in [0.3, 0.4) is 0 Å². The summed E-state index contributed by atoms with van der Waals surface area (Å²) in [6, 6.07) is -15.0. The summed E-state index contributed by atoms with van der Waals surface area (Å²) in [5.74, 6) is -15.4. The number of halogens is 1. The molecule has 462 valence electrons. The van der Waals surface area contributed by atoms with E-state index in [-0.39, 0.29) is 51.7 Å². The number of carboxylic acid groups (broad SMARTS) is 1. The molecule has 0 aromatic carbocycles. The van der Waals surface area contributed by atoms with Crippen molar-refractivity contribution in [2.24, 2.45) is 17.2 Å². The Kier molecular flexibility index (Phi) is 36.1. The van der Waals surface area contributed by atoms with E-state index < -0.39 is 175 Å². The number of aliphatic carboxylic acids is 1. The first-order chi connectivity index (χ1) is 38.4. The molecule has 81 heavy (non-hydrogen) atoms. The smallest absolute Gasteiger partial charge is 0.335 e. The van der Waals surface area contributed by atoms with Gasteiger partial charge in [0.05, 0.1) is 30.6 Å². The zero-order valence-corrected chi connectivity index (χ0v) is 47.0. The molecule has 9 amide bonds. The molecule has 1 aliphatic heterocycles. The number of hydrogen-bond donors (Lipinski definition) is 18. The van der Waals surface area contributed by atoms with Gasteiger partial charge >= 0.3 is 11.9 Å². The lowest BCUT2D eigenvalue weighted by molar-refractivity contribution is -0.155. The van der Waals surface area contributed by atoms with Crippen LogP contribution in [-0.2, 0) is 57.5 Å². The van der Waals surface area contributed by atoms with Crippen LogP contribution < -0.4 is 65.1 Å². The number of allylic oxidation sites excluding steroid dienone is 1. The number of esters is 1. The third-order valence-electron chi connectivity index (χ3n) is 12.7. The van der Waals surface area contributed by atoms with Gasteiger partial charge in [0, 0.05) is 6.61 Å². The summed E-state index contributed by atoms with van der Waals surface area (Å²) in [6.45, 7) is 1.98. The van der Waals surface area contributed by atoms with Gasteiger partial charge in [0.1, 0.15) is 54.6 Å². The molecule has 1 saturated heterocycles. The molecule has 30 nitrogen and oxygen atoms in total. The van der Waals surface area contributed by atoms with Gasteiger partial charge in [-0.25, -0.2) is 9.59 Å². The summed E-state index contributed by atoms with van der Waals surface area (Å²) < 4.78 is 5.29. The Morgan fingerprint density at radius 2 is 1.14 bits per heavy atom. The van der Waals surface area contributed by atoms with Crippen LogP contribution >= 0.6 is 11.6 Å². The van der Waals surface area contributed by atoms with Crippen molar-refractivity contribution in [1.82, 2.24) is 47.9 Å². The van der Waals surface area contributed by atoms with Gasteiger partial charge in [0.2, 0.25) is 47.3 Å². The minimum atomic E-state index is -2.81. The van der Waals surface area contributed by atoms with E-state index in [0.29, 0.717) is 6.42 Å². The standard InChI is InChI=1S/C50H87ClN12O18/c1-4-6-7-8-9-10-11-12-13-15-28(66)24-36(68)55-34-26-81-50(80)38(35(67)25-51)62-48(77)39(40(69)49(78)79)63-41(70)29(5-2)56-47(76)37(27(3)65)61-45(74)30(16-14-20-52)57-44(73)33(19-23-64)60-43(72)31(17-21-53)58-42(71)32(18-22-54)59-46(34)75/h5,27-28,30-35,37-40,64-67,69H,4,6-26,52-54H2,1-3H3,(H,55,68)(H,56,76)(H,57,73)(H,58,71)(H,59,75)(H,60,72)(H,61,74)(H,62,77)(H,63,70)(H,78,79)/b29-5+/t27?,28?,30-,31-,32-,33-,34+,35?,37-,38-,39?,40?/m1/s1. The first kappa shape index (κ1) is 72.9. The van der Waals surface area contributed by atoms with Crippen LogP contribution in [-0.4, -0.2) is 207 Å². The number of rotatable bonds is 27. The summed E-state index contributed by atoms with van der Waals surface area (Å²) in [4.78, 5) is 150. The lowest BCUT2D eigenvalue weighted by Crippen LogP contribution is -2.62. The van der Waals surface area contributed by atoms with Gasteiger partial charge in [-0.2, -0.15) is 0 Å². The van der Waals surface area contributed by atoms with Crippen molar-refractivity contribution in [2.75, 3.05) is 38.7 Å². The molecular weight excluding hydrogens is 1090 g/mol. The molecule has 0 bridgehead atoms. The highest BCUT2D eigenvalue weighted by atomic mass is 35.5. The molecule has 0 aromatic heterocycles. The molecule has 1 aliphatic rings. The number of hydrogen-bond acceptors (Lipinski definition) is 20. The van der Waals surface area contributed by atoms with Crippen molar-refractivity contribution in [3.63, 3.8) is 0 Å². The van der Waals surface area contributed by atoms with Crippen molar-refractivity contribution in [1.29, 1.82) is 0 Å². The Morgan fingerprint density at radius 3 is 1.62 bits per heavy atom. The minimum absolute atomic E-state index is 0.0187. The molecule has 1 heterocycles. The minimum Gasteiger partial charge on any atom is -0.479 e. The SMILES string of the molecule is C/C=C1/NC(=O)[C@@H](C(C)O)NC(=O)[C@@H](CCCN)NC(=O)[C@@H](CCO)NC(=O)[C@@H](CCN)NC(=O)[C@@H](CCN)NC(=O)[C@@H](NC(=O)CC(O)CCCCCCCCCCC)COC(=O)[C@@H](C(O)CCl)NC(=O)C(C(O)C(=O)O)NC1=O. The molecule has 31 heteroatoms. The maximum atomic E-state index is 14.1. The zero-order chi connectivity index (χ0) is 61.2. The quantitative estimate of drug-likeness (QED) is 0.0158. The molecule has 0 aromatic rings. The molecule has 1 rings (SSSR count). The van der Waals surface area contributed by atoms with Gasteiger partial charge in [-0.3, -0.25) is 43.2 Å². The van der Waals surface area contributed by atoms with Gasteiger partial charge in [0.25, 0.3) is 5.91 Å². The number of carbonyl (C=O) groups is 11. The second-order valence-corrected chi connectivity index (χ2v) is 19.7. The predicted molar refractivity (Wildman–Crippen MR) is 290 cm³/mol. The second-order valence-electron chi connectivity index (χ2n) is 19.4. The van der Waals surface area contributed by atoms with E-state index in [4.69, 9.17) is 33.5 Å². The molecular formula is C50H87ClN12O18. The number of nitrogens with one attached hydrogen (secondary N) is 9. The van der Waals surface area contributed by atoms with Crippen LogP contribution in [0.15, 0.2) is 11.8 Å². The van der Waals surface area contributed by atoms with E-state index in [2.05, 4.69) is 44.1 Å². The number of nitrogens with two attached hydrogens (primary N) is 3. The normalized spacial score (nSPS) is 24.9. The van der Waals surface area contributed by atoms with E-state index in [1.807, 2.05) is 10.6 Å². The first-order valence-corrected chi connectivity index (χ1v) is 27.8. The average molecular weight is 1180 g/mol. The number of aliphatic hydroxyl groups excluding tert-OH is 5. The fraction of sp³-hybridized carbons (Fsp3) is 0.740. The van der Waals surface area contributed by atoms with Crippen molar-refractivity contribution < 1.29 is 88.1 Å². The number of amides is 9. The van der Waals surface area contributed by atoms with Gasteiger partial charge < -0.3 is 100 Å². The summed E-state index contributed by atoms with van der Waals surface area (Å²) in [5, 5.41) is 82.6. The fourth-order valence-electron chi connectivity index (χ4n) is 8.07. The highest BCUT2D eigenvalue weighted by molar-refractivity contribution is 6.18. The lowest BCUT2D eigenvalue weighted by atomic mass is 10.0. The number of carbonyl (C=O) groups excluding carboxylic acids is 10. The fourth-order valence-corrected chi connectivity index (χ4v) is 8.25. The van der Waals surface area contributed by atoms with E-state index in [1.54, 1.807) is 0 Å². The molecule has 0 spiro atoms. The Morgan fingerprint density at radius 1 is 0.642 bits per heavy atom. The van der Waals surface area contributed by atoms with Crippen LogP contribution in [0.25, 0.3) is 0 Å². The Balaban J connectivity index is 3.94. The highest BCUT2D eigenvalue weighted by Gasteiger charge is 2.40. The lowest BCUT2D eigenvalue weighted by Gasteiger charge is -2.28. The number of alkyl halides is 1. The third kappa shape index (κ3) is 27.0. The number of unbranched alkanes of at least 4 members (excludes halogenated alkanes) is 8. The number of ether oxygens (including phenoxy) is 1. The van der Waals surface area contributed by atoms with Crippen LogP contribution in [0.1, 0.15) is 124 Å². The third-order valence-corrected chi connectivity index (χ3v) is 13.1. The summed E-state index contributed by atoms with van der Waals surface area (Å²) >= 11 is 5.86. The molecule has 21 N–H and O–H groups in total. The molecule has 1 fully saturated rings. The average Bonchev–Trinajstić information content (AvgIpc) is 3.45. The monoisotopic (exact) mass is 1180 g/mol. The van der Waals surface area contributed by atoms with E-state index in [9.17, 15) is 83.4 Å². The van der Waals surface area contributed by atoms with Crippen molar-refractivity contribution in [2.45, 2.75) is 196 Å². The van der Waals surface area contributed by atoms with Crippen molar-refractivity contribution in [3.8, 4) is 0 Å². The first-order valence-electron chi connectivity index (χ1n) is 27.2. The molecule has 0 radical (unpaired) electrons. The summed E-state index contributed by atoms with van der Waals surface area (Å²) in [6.07, 6.45) is 0.389. The van der Waals surface area contributed by atoms with Crippen LogP contribution in [0.5, 0.6) is 0 Å². The van der Waals surface area contributed by atoms with Crippen molar-refractivity contribution >= 4 is 76.7 Å². The van der Waals surface area contributed by atoms with Gasteiger partial charge in [-0.15, -0.1) is 11.6 Å². The van der Waals surface area contributed by atoms with Gasteiger partial charge in [0.15, 0.2) is 12.1 Å². The van der Waals surface area contributed by atoms with Crippen LogP contribution in [0.2, 0.25) is 0 Å². The Hall–Kier alpha value is -6.12. The maximum absolute atomic E-state index is 14.1. The molecule has 12 atom stereocenters. The van der Waals surface area contributed by atoms with Crippen LogP contribution in [0.4, 0.5) is 0 Å². The predicted octanol–water partition coefficient (Wildman–Crippen LogP) is -5.64. The van der Waals surface area contributed by atoms with E-state index >= 15 is 0 Å². The number of cyclic esters (lactones) is 1. The van der Waals surface area contributed by atoms with Gasteiger partial charge in [-0.05, 0) is 72.0 Å². The molecule has 5 unspecified atom stereocenters. The number of aliphatic hydroxyl groups is 5. The van der Waals surface area contributed by atoms with E-state index in [1.165, 1.54) is 6.92 Å². The second kappa shape index (κ2) is 40.1. The maximum Gasteiger partial charge on any atom is 0.335 e. The van der Waals surface area contributed by atoms with Crippen molar-refractivity contribution in [3.05, 3.63) is 11.8 Å². The molecule has 0 aliphatic carbocycles. The number of carboxylic acids is 1. The topological polar surface area (TPSA) is 505 Å². The highest BCUT2D eigenvalue weighted by Crippen LogP contribution is 2.14. The van der Waals surface area contributed by atoms with Gasteiger partial charge in [-0.1, -0.05) is 70.8 Å².